The van der Waals surface area contributed by atoms with Gasteiger partial charge in [-0.3, -0.25) is 19.7 Å². The van der Waals surface area contributed by atoms with Crippen LogP contribution in [0.4, 0.5) is 5.13 Å². The van der Waals surface area contributed by atoms with Crippen molar-refractivity contribution >= 4 is 22.4 Å². The van der Waals surface area contributed by atoms with E-state index in [0.717, 1.165) is 17.1 Å². The fourth-order valence-electron chi connectivity index (χ4n) is 2.38. The van der Waals surface area contributed by atoms with E-state index in [4.69, 9.17) is 0 Å². The van der Waals surface area contributed by atoms with Crippen molar-refractivity contribution in [2.75, 3.05) is 5.32 Å². The van der Waals surface area contributed by atoms with Crippen molar-refractivity contribution in [1.82, 2.24) is 29.5 Å². The molecule has 0 atom stereocenters. The summed E-state index contributed by atoms with van der Waals surface area (Å²) in [4.78, 5) is 33.5. The lowest BCUT2D eigenvalue weighted by Gasteiger charge is -2.06. The number of rotatable bonds is 4. The van der Waals surface area contributed by atoms with Gasteiger partial charge in [0, 0.05) is 11.1 Å². The molecule has 4 rings (SSSR count). The first-order valence-corrected chi connectivity index (χ1v) is 8.57. The first kappa shape index (κ1) is 16.0. The molecule has 0 aliphatic rings. The topological polar surface area (TPSA) is 98.5 Å². The Kier molecular flexibility index (Phi) is 4.20. The van der Waals surface area contributed by atoms with Crippen molar-refractivity contribution in [3.05, 3.63) is 66.2 Å². The molecule has 4 aromatic rings. The summed E-state index contributed by atoms with van der Waals surface area (Å²) in [5.74, 6) is -0.315. The number of amides is 1. The quantitative estimate of drug-likeness (QED) is 0.599. The highest BCUT2D eigenvalue weighted by Gasteiger charge is 2.15. The third-order valence-electron chi connectivity index (χ3n) is 3.57. The predicted molar refractivity (Wildman–Crippen MR) is 97.2 cm³/mol. The van der Waals surface area contributed by atoms with Crippen LogP contribution in [-0.2, 0) is 0 Å². The maximum absolute atomic E-state index is 12.6. The van der Waals surface area contributed by atoms with Gasteiger partial charge in [-0.25, -0.2) is 19.9 Å². The fraction of sp³-hybridized carbons (Fsp3) is 0.0588. The number of hydrogen-bond donors (Lipinski definition) is 1. The third kappa shape index (κ3) is 3.20. The van der Waals surface area contributed by atoms with E-state index in [-0.39, 0.29) is 5.91 Å². The summed E-state index contributed by atoms with van der Waals surface area (Å²) < 4.78 is 1.62. The van der Waals surface area contributed by atoms with Crippen molar-refractivity contribution in [3.63, 3.8) is 0 Å². The number of nitrogens with zero attached hydrogens (tertiary/aromatic N) is 6. The van der Waals surface area contributed by atoms with Crippen molar-refractivity contribution in [1.29, 1.82) is 0 Å². The van der Waals surface area contributed by atoms with Gasteiger partial charge in [-0.1, -0.05) is 6.07 Å². The van der Waals surface area contributed by atoms with Gasteiger partial charge in [-0.05, 0) is 19.1 Å². The zero-order chi connectivity index (χ0) is 17.9. The van der Waals surface area contributed by atoms with Gasteiger partial charge in [0.05, 0.1) is 36.3 Å². The van der Waals surface area contributed by atoms with Crippen LogP contribution in [0.3, 0.4) is 0 Å². The highest BCUT2D eigenvalue weighted by molar-refractivity contribution is 7.14. The van der Waals surface area contributed by atoms with E-state index in [9.17, 15) is 4.79 Å². The van der Waals surface area contributed by atoms with Crippen LogP contribution in [0, 0.1) is 6.92 Å². The lowest BCUT2D eigenvalue weighted by atomic mass is 10.3. The van der Waals surface area contributed by atoms with Crippen LogP contribution in [-0.4, -0.2) is 35.4 Å². The Balaban J connectivity index is 1.56. The number of aryl methyl sites for hydroxylation is 1. The Morgan fingerprint density at radius 3 is 2.73 bits per heavy atom. The highest BCUT2D eigenvalue weighted by Crippen LogP contribution is 2.24. The lowest BCUT2D eigenvalue weighted by molar-refractivity contribution is 0.102. The molecule has 0 saturated heterocycles. The van der Waals surface area contributed by atoms with Gasteiger partial charge in [-0.15, -0.1) is 11.3 Å². The minimum atomic E-state index is -0.315. The van der Waals surface area contributed by atoms with E-state index < -0.39 is 0 Å². The molecule has 0 unspecified atom stereocenters. The summed E-state index contributed by atoms with van der Waals surface area (Å²) in [6.07, 6.45) is 7.67. The molecule has 0 aliphatic heterocycles. The van der Waals surface area contributed by atoms with Crippen LogP contribution in [0.2, 0.25) is 0 Å². The van der Waals surface area contributed by atoms with Crippen LogP contribution in [0.5, 0.6) is 0 Å². The molecular formula is C17H13N7OS. The molecule has 0 saturated carbocycles. The van der Waals surface area contributed by atoms with E-state index in [1.807, 2.05) is 30.5 Å². The number of hydrogen-bond acceptors (Lipinski definition) is 7. The average molecular weight is 363 g/mol. The van der Waals surface area contributed by atoms with E-state index in [2.05, 4.69) is 30.2 Å². The Bertz CT molecular complexity index is 1060. The van der Waals surface area contributed by atoms with E-state index in [1.54, 1.807) is 17.0 Å². The van der Waals surface area contributed by atoms with E-state index >= 15 is 0 Å². The number of imidazole rings is 1. The molecule has 9 heteroatoms. The molecule has 0 bridgehead atoms. The molecule has 26 heavy (non-hydrogen) atoms. The van der Waals surface area contributed by atoms with E-state index in [0.29, 0.717) is 16.5 Å². The third-order valence-corrected chi connectivity index (χ3v) is 4.33. The molecule has 1 amide bonds. The number of carbonyl (C=O) groups is 1. The van der Waals surface area contributed by atoms with Gasteiger partial charge in [0.25, 0.3) is 5.91 Å². The Labute approximate surface area is 152 Å². The summed E-state index contributed by atoms with van der Waals surface area (Å²) in [6.45, 7) is 1.92. The molecule has 128 valence electrons. The normalized spacial score (nSPS) is 10.7. The number of thiazole rings is 1. The van der Waals surface area contributed by atoms with Gasteiger partial charge in [-0.2, -0.15) is 0 Å². The molecule has 4 aromatic heterocycles. The minimum absolute atomic E-state index is 0.315. The maximum Gasteiger partial charge on any atom is 0.276 e. The second-order valence-corrected chi connectivity index (χ2v) is 6.26. The summed E-state index contributed by atoms with van der Waals surface area (Å²) in [7, 11) is 0. The molecular weight excluding hydrogens is 350 g/mol. The maximum atomic E-state index is 12.6. The van der Waals surface area contributed by atoms with Crippen LogP contribution < -0.4 is 5.32 Å². The summed E-state index contributed by atoms with van der Waals surface area (Å²) in [5, 5.41) is 5.15. The van der Waals surface area contributed by atoms with Crippen LogP contribution in [0.15, 0.2) is 54.8 Å². The molecule has 0 radical (unpaired) electrons. The van der Waals surface area contributed by atoms with Crippen molar-refractivity contribution in [3.8, 4) is 17.1 Å². The van der Waals surface area contributed by atoms with Gasteiger partial charge in [0.1, 0.15) is 17.7 Å². The van der Waals surface area contributed by atoms with Crippen LogP contribution >= 0.6 is 11.3 Å². The number of pyridine rings is 1. The fourth-order valence-corrected chi connectivity index (χ4v) is 3.08. The standard InChI is InChI=1S/C17H13N7OS/c1-11-3-2-4-13(21-11)14-8-26-17(22-14)23-16(25)15-7-20-10-24(15)12-5-18-9-19-6-12/h2-10H,1H3,(H,22,23,25). The zero-order valence-corrected chi connectivity index (χ0v) is 14.5. The molecule has 0 aromatic carbocycles. The molecule has 0 spiro atoms. The van der Waals surface area contributed by atoms with Crippen molar-refractivity contribution < 1.29 is 4.79 Å². The smallest absolute Gasteiger partial charge is 0.276 e. The lowest BCUT2D eigenvalue weighted by Crippen LogP contribution is -2.16. The number of aromatic nitrogens is 6. The minimum Gasteiger partial charge on any atom is -0.296 e. The van der Waals surface area contributed by atoms with E-state index in [1.165, 1.54) is 30.2 Å². The summed E-state index contributed by atoms with van der Waals surface area (Å²) in [6, 6.07) is 5.74. The molecule has 4 heterocycles. The van der Waals surface area contributed by atoms with Crippen LogP contribution in [0.25, 0.3) is 17.1 Å². The van der Waals surface area contributed by atoms with Crippen molar-refractivity contribution in [2.24, 2.45) is 0 Å². The first-order chi connectivity index (χ1) is 12.7. The summed E-state index contributed by atoms with van der Waals surface area (Å²) in [5.41, 5.74) is 3.42. The highest BCUT2D eigenvalue weighted by atomic mass is 32.1. The first-order valence-electron chi connectivity index (χ1n) is 7.69. The second kappa shape index (κ2) is 6.81. The second-order valence-electron chi connectivity index (χ2n) is 5.40. The van der Waals surface area contributed by atoms with Gasteiger partial charge >= 0.3 is 0 Å². The molecule has 1 N–H and O–H groups in total. The van der Waals surface area contributed by atoms with Crippen LogP contribution in [0.1, 0.15) is 16.2 Å². The number of nitrogens with one attached hydrogen (secondary N) is 1. The SMILES string of the molecule is Cc1cccc(-c2csc(NC(=O)c3cncn3-c3cncnc3)n2)n1. The van der Waals surface area contributed by atoms with Crippen molar-refractivity contribution in [2.45, 2.75) is 6.92 Å². The van der Waals surface area contributed by atoms with Gasteiger partial charge in [0.15, 0.2) is 5.13 Å². The zero-order valence-electron chi connectivity index (χ0n) is 13.7. The largest absolute Gasteiger partial charge is 0.296 e. The molecule has 8 nitrogen and oxygen atoms in total. The van der Waals surface area contributed by atoms with Gasteiger partial charge in [0.2, 0.25) is 0 Å². The Morgan fingerprint density at radius 2 is 1.92 bits per heavy atom. The average Bonchev–Trinajstić information content (AvgIpc) is 3.32. The monoisotopic (exact) mass is 363 g/mol. The number of anilines is 1. The number of carbonyl (C=O) groups excluding carboxylic acids is 1. The molecule has 0 fully saturated rings. The summed E-state index contributed by atoms with van der Waals surface area (Å²) >= 11 is 1.34. The predicted octanol–water partition coefficient (Wildman–Crippen LogP) is 2.74. The Morgan fingerprint density at radius 1 is 1.08 bits per heavy atom. The molecule has 0 aliphatic carbocycles. The Hall–Kier alpha value is -3.46. The van der Waals surface area contributed by atoms with Gasteiger partial charge < -0.3 is 0 Å².